The Labute approximate surface area is 120 Å². The van der Waals surface area contributed by atoms with Crippen molar-refractivity contribution in [1.29, 1.82) is 0 Å². The second-order valence-corrected chi connectivity index (χ2v) is 5.46. The largest absolute Gasteiger partial charge is 0.480 e. The lowest BCUT2D eigenvalue weighted by atomic mass is 9.96. The van der Waals surface area contributed by atoms with Gasteiger partial charge in [0.15, 0.2) is 0 Å². The van der Waals surface area contributed by atoms with Gasteiger partial charge in [-0.05, 0) is 24.3 Å². The molecule has 0 bridgehead atoms. The van der Waals surface area contributed by atoms with Gasteiger partial charge in [0.2, 0.25) is 5.91 Å². The van der Waals surface area contributed by atoms with Gasteiger partial charge in [-0.1, -0.05) is 51.1 Å². The van der Waals surface area contributed by atoms with Gasteiger partial charge in [-0.25, -0.2) is 4.79 Å². The third kappa shape index (κ3) is 5.03. The molecule has 2 atom stereocenters. The zero-order valence-electron chi connectivity index (χ0n) is 12.3. The molecule has 0 aliphatic rings. The third-order valence-corrected chi connectivity index (χ3v) is 3.59. The average Bonchev–Trinajstić information content (AvgIpc) is 2.42. The first-order chi connectivity index (χ1) is 9.41. The highest BCUT2D eigenvalue weighted by atomic mass is 16.4. The van der Waals surface area contributed by atoms with E-state index in [2.05, 4.69) is 5.32 Å². The Hall–Kier alpha value is -1.84. The number of benzene rings is 1. The van der Waals surface area contributed by atoms with Gasteiger partial charge in [-0.15, -0.1) is 0 Å². The van der Waals surface area contributed by atoms with Crippen LogP contribution in [0.5, 0.6) is 0 Å². The molecule has 1 aromatic rings. The number of nitrogens with one attached hydrogen (secondary N) is 1. The molecule has 0 fully saturated rings. The molecule has 0 aliphatic heterocycles. The van der Waals surface area contributed by atoms with Gasteiger partial charge in [0.25, 0.3) is 0 Å². The van der Waals surface area contributed by atoms with Crippen molar-refractivity contribution in [2.45, 2.75) is 39.7 Å². The molecule has 0 radical (unpaired) electrons. The number of carboxylic acids is 1. The number of carbonyl (C=O) groups is 2. The summed E-state index contributed by atoms with van der Waals surface area (Å²) in [5.74, 6) is -1.17. The minimum Gasteiger partial charge on any atom is -0.480 e. The fourth-order valence-corrected chi connectivity index (χ4v) is 1.82. The Morgan fingerprint density at radius 1 is 1.15 bits per heavy atom. The number of carboxylic acid groups (broad SMARTS) is 1. The first-order valence-corrected chi connectivity index (χ1v) is 6.99. The third-order valence-electron chi connectivity index (χ3n) is 3.59. The van der Waals surface area contributed by atoms with Crippen molar-refractivity contribution in [3.63, 3.8) is 0 Å². The van der Waals surface area contributed by atoms with E-state index in [1.54, 1.807) is 0 Å². The highest BCUT2D eigenvalue weighted by Crippen LogP contribution is 2.11. The molecule has 0 aromatic heterocycles. The van der Waals surface area contributed by atoms with Gasteiger partial charge >= 0.3 is 5.97 Å². The summed E-state index contributed by atoms with van der Waals surface area (Å²) in [6.45, 7) is 5.71. The smallest absolute Gasteiger partial charge is 0.326 e. The van der Waals surface area contributed by atoms with Crippen molar-refractivity contribution < 1.29 is 14.7 Å². The number of hydrogen-bond acceptors (Lipinski definition) is 2. The van der Waals surface area contributed by atoms with Crippen LogP contribution in [-0.2, 0) is 16.0 Å². The average molecular weight is 277 g/mol. The molecule has 0 aliphatic carbocycles. The highest BCUT2D eigenvalue weighted by Gasteiger charge is 2.24. The van der Waals surface area contributed by atoms with Crippen LogP contribution in [0.3, 0.4) is 0 Å². The van der Waals surface area contributed by atoms with Crippen LogP contribution in [0.15, 0.2) is 30.3 Å². The van der Waals surface area contributed by atoms with Crippen LogP contribution < -0.4 is 5.32 Å². The topological polar surface area (TPSA) is 66.4 Å². The summed E-state index contributed by atoms with van der Waals surface area (Å²) < 4.78 is 0. The molecule has 1 unspecified atom stereocenters. The summed E-state index contributed by atoms with van der Waals surface area (Å²) in [6, 6.07) is 8.85. The number of rotatable bonds is 7. The number of aliphatic carboxylic acids is 1. The van der Waals surface area contributed by atoms with Crippen molar-refractivity contribution in [2.75, 3.05) is 0 Å². The highest BCUT2D eigenvalue weighted by molar-refractivity contribution is 5.84. The Morgan fingerprint density at radius 2 is 1.75 bits per heavy atom. The summed E-state index contributed by atoms with van der Waals surface area (Å²) in [7, 11) is 0. The lowest BCUT2D eigenvalue weighted by Gasteiger charge is -2.19. The van der Waals surface area contributed by atoms with E-state index < -0.39 is 12.0 Å². The predicted octanol–water partition coefficient (Wildman–Crippen LogP) is 2.48. The maximum atomic E-state index is 11.9. The zero-order valence-corrected chi connectivity index (χ0v) is 12.3. The summed E-state index contributed by atoms with van der Waals surface area (Å²) in [4.78, 5) is 23.2. The maximum absolute atomic E-state index is 11.9. The SMILES string of the molecule is CC(C)C(C)C(=O)N[C@@H](CCc1ccccc1)C(=O)O. The molecule has 0 saturated carbocycles. The van der Waals surface area contributed by atoms with Crippen LogP contribution >= 0.6 is 0 Å². The van der Waals surface area contributed by atoms with E-state index in [9.17, 15) is 14.7 Å². The molecular formula is C16H23NO3. The lowest BCUT2D eigenvalue weighted by Crippen LogP contribution is -2.44. The number of aryl methyl sites for hydroxylation is 1. The first-order valence-electron chi connectivity index (χ1n) is 6.99. The van der Waals surface area contributed by atoms with E-state index in [-0.39, 0.29) is 17.7 Å². The molecule has 0 heterocycles. The second kappa shape index (κ2) is 7.68. The Balaban J connectivity index is 2.57. The van der Waals surface area contributed by atoms with Gasteiger partial charge in [0.1, 0.15) is 6.04 Å². The Morgan fingerprint density at radius 3 is 2.25 bits per heavy atom. The van der Waals surface area contributed by atoms with E-state index in [1.165, 1.54) is 0 Å². The van der Waals surface area contributed by atoms with Crippen molar-refractivity contribution >= 4 is 11.9 Å². The molecule has 1 amide bonds. The zero-order chi connectivity index (χ0) is 15.1. The molecular weight excluding hydrogens is 254 g/mol. The van der Waals surface area contributed by atoms with E-state index in [1.807, 2.05) is 51.1 Å². The van der Waals surface area contributed by atoms with Crippen molar-refractivity contribution in [3.05, 3.63) is 35.9 Å². The molecule has 0 saturated heterocycles. The fourth-order valence-electron chi connectivity index (χ4n) is 1.82. The normalized spacial score (nSPS) is 13.8. The molecule has 20 heavy (non-hydrogen) atoms. The van der Waals surface area contributed by atoms with Gasteiger partial charge < -0.3 is 10.4 Å². The quantitative estimate of drug-likeness (QED) is 0.804. The van der Waals surface area contributed by atoms with Crippen LogP contribution in [0.4, 0.5) is 0 Å². The number of carbonyl (C=O) groups excluding carboxylic acids is 1. The van der Waals surface area contributed by atoms with Gasteiger partial charge in [0.05, 0.1) is 0 Å². The second-order valence-electron chi connectivity index (χ2n) is 5.46. The van der Waals surface area contributed by atoms with E-state index in [0.29, 0.717) is 12.8 Å². The minimum atomic E-state index is -0.981. The van der Waals surface area contributed by atoms with Gasteiger partial charge in [-0.2, -0.15) is 0 Å². The Bertz CT molecular complexity index is 442. The monoisotopic (exact) mass is 277 g/mol. The van der Waals surface area contributed by atoms with Crippen molar-refractivity contribution in [3.8, 4) is 0 Å². The van der Waals surface area contributed by atoms with Crippen molar-refractivity contribution in [1.82, 2.24) is 5.32 Å². The summed E-state index contributed by atoms with van der Waals surface area (Å²) in [5.41, 5.74) is 1.07. The summed E-state index contributed by atoms with van der Waals surface area (Å²) in [6.07, 6.45) is 1.03. The molecule has 0 spiro atoms. The molecule has 1 aromatic carbocycles. The summed E-state index contributed by atoms with van der Waals surface area (Å²) >= 11 is 0. The fraction of sp³-hybridized carbons (Fsp3) is 0.500. The molecule has 2 N–H and O–H groups in total. The van der Waals surface area contributed by atoms with Crippen LogP contribution in [-0.4, -0.2) is 23.0 Å². The lowest BCUT2D eigenvalue weighted by molar-refractivity contribution is -0.142. The van der Waals surface area contributed by atoms with Crippen LogP contribution in [0.1, 0.15) is 32.8 Å². The van der Waals surface area contributed by atoms with Crippen LogP contribution in [0.2, 0.25) is 0 Å². The molecule has 4 nitrogen and oxygen atoms in total. The predicted molar refractivity (Wildman–Crippen MR) is 78.3 cm³/mol. The standard InChI is InChI=1S/C16H23NO3/c1-11(2)12(3)15(18)17-14(16(19)20)10-9-13-7-5-4-6-8-13/h4-8,11-12,14H,9-10H2,1-3H3,(H,17,18)(H,19,20)/t12?,14-/m0/s1. The molecule has 1 rings (SSSR count). The Kier molecular flexibility index (Phi) is 6.22. The van der Waals surface area contributed by atoms with E-state index >= 15 is 0 Å². The number of hydrogen-bond donors (Lipinski definition) is 2. The maximum Gasteiger partial charge on any atom is 0.326 e. The van der Waals surface area contributed by atoms with Crippen LogP contribution in [0.25, 0.3) is 0 Å². The van der Waals surface area contributed by atoms with E-state index in [0.717, 1.165) is 5.56 Å². The van der Waals surface area contributed by atoms with Gasteiger partial charge in [-0.3, -0.25) is 4.79 Å². The van der Waals surface area contributed by atoms with Gasteiger partial charge in [0, 0.05) is 5.92 Å². The minimum absolute atomic E-state index is 0.187. The molecule has 110 valence electrons. The van der Waals surface area contributed by atoms with Crippen LogP contribution in [0, 0.1) is 11.8 Å². The van der Waals surface area contributed by atoms with Crippen molar-refractivity contribution in [2.24, 2.45) is 11.8 Å². The first kappa shape index (κ1) is 16.2. The number of amides is 1. The molecule has 4 heteroatoms. The van der Waals surface area contributed by atoms with E-state index in [4.69, 9.17) is 0 Å². The summed E-state index contributed by atoms with van der Waals surface area (Å²) in [5, 5.41) is 11.8.